The van der Waals surface area contributed by atoms with Crippen LogP contribution in [0.25, 0.3) is 12.2 Å². The highest BCUT2D eigenvalue weighted by Crippen LogP contribution is 2.38. The van der Waals surface area contributed by atoms with Crippen molar-refractivity contribution in [1.29, 1.82) is 0 Å². The quantitative estimate of drug-likeness (QED) is 0.722. The molecule has 1 spiro atoms. The highest BCUT2D eigenvalue weighted by molar-refractivity contribution is 5.66. The Labute approximate surface area is 119 Å². The number of fused-ring (bicyclic) bond motifs is 2. The van der Waals surface area contributed by atoms with E-state index in [0.717, 1.165) is 0 Å². The van der Waals surface area contributed by atoms with Crippen LogP contribution in [0.15, 0.2) is 48.6 Å². The first-order valence-corrected chi connectivity index (χ1v) is 6.49. The molecule has 2 aliphatic heterocycles. The zero-order chi connectivity index (χ0) is 14.4. The summed E-state index contributed by atoms with van der Waals surface area (Å²) in [4.78, 5) is 0. The molecular formula is C17H10F2O2. The van der Waals surface area contributed by atoms with Gasteiger partial charge in [-0.05, 0) is 48.6 Å². The molecule has 0 amide bonds. The van der Waals surface area contributed by atoms with Crippen LogP contribution in [0.3, 0.4) is 0 Å². The summed E-state index contributed by atoms with van der Waals surface area (Å²) in [5.41, 5.74) is 1.31. The first-order valence-electron chi connectivity index (χ1n) is 6.49. The number of benzene rings is 2. The van der Waals surface area contributed by atoms with Crippen LogP contribution in [0.2, 0.25) is 0 Å². The molecular weight excluding hydrogens is 274 g/mol. The molecule has 0 saturated heterocycles. The largest absolute Gasteiger partial charge is 0.445 e. The van der Waals surface area contributed by atoms with Gasteiger partial charge in [-0.3, -0.25) is 0 Å². The van der Waals surface area contributed by atoms with Crippen molar-refractivity contribution in [3.63, 3.8) is 0 Å². The lowest BCUT2D eigenvalue weighted by Gasteiger charge is -2.35. The number of ether oxygens (including phenoxy) is 2. The molecule has 0 atom stereocenters. The lowest BCUT2D eigenvalue weighted by molar-refractivity contribution is -0.0308. The summed E-state index contributed by atoms with van der Waals surface area (Å²) in [7, 11) is 0. The molecule has 2 aliphatic rings. The van der Waals surface area contributed by atoms with E-state index in [4.69, 9.17) is 9.47 Å². The predicted molar refractivity (Wildman–Crippen MR) is 74.9 cm³/mol. The molecule has 2 nitrogen and oxygen atoms in total. The third-order valence-corrected chi connectivity index (χ3v) is 3.47. The summed E-state index contributed by atoms with van der Waals surface area (Å²) < 4.78 is 38.1. The smallest absolute Gasteiger partial charge is 0.291 e. The Morgan fingerprint density at radius 1 is 0.714 bits per heavy atom. The van der Waals surface area contributed by atoms with Crippen molar-refractivity contribution in [1.82, 2.24) is 0 Å². The van der Waals surface area contributed by atoms with Gasteiger partial charge in [0.25, 0.3) is 5.79 Å². The standard InChI is InChI=1S/C17H10F2O2/c18-13-1-3-15-11(9-13)5-7-17(20-15)8-6-12-10-14(19)2-4-16(12)21-17/h1-10H. The molecule has 104 valence electrons. The Morgan fingerprint density at radius 3 is 1.67 bits per heavy atom. The van der Waals surface area contributed by atoms with E-state index in [-0.39, 0.29) is 11.6 Å². The minimum absolute atomic E-state index is 0.320. The SMILES string of the molecule is Fc1ccc2c(c1)C=CC1(C=Cc3cc(F)ccc3O1)O2. The van der Waals surface area contributed by atoms with Gasteiger partial charge in [0.15, 0.2) is 0 Å². The molecule has 4 heteroatoms. The summed E-state index contributed by atoms with van der Waals surface area (Å²) in [6.07, 6.45) is 6.91. The lowest BCUT2D eigenvalue weighted by Crippen LogP contribution is -2.41. The molecule has 0 saturated carbocycles. The van der Waals surface area contributed by atoms with E-state index in [9.17, 15) is 8.78 Å². The second-order valence-corrected chi connectivity index (χ2v) is 4.96. The van der Waals surface area contributed by atoms with Crippen molar-refractivity contribution >= 4 is 12.2 Å². The van der Waals surface area contributed by atoms with Crippen LogP contribution in [-0.4, -0.2) is 5.79 Å². The van der Waals surface area contributed by atoms with Crippen LogP contribution in [0, 0.1) is 11.6 Å². The van der Waals surface area contributed by atoms with Gasteiger partial charge in [-0.2, -0.15) is 0 Å². The molecule has 0 bridgehead atoms. The van der Waals surface area contributed by atoms with E-state index < -0.39 is 5.79 Å². The fourth-order valence-corrected chi connectivity index (χ4v) is 2.45. The number of hydrogen-bond acceptors (Lipinski definition) is 2. The Morgan fingerprint density at radius 2 is 1.19 bits per heavy atom. The van der Waals surface area contributed by atoms with Crippen LogP contribution in [0.4, 0.5) is 8.78 Å². The van der Waals surface area contributed by atoms with Crippen LogP contribution in [0.1, 0.15) is 11.1 Å². The molecule has 0 fully saturated rings. The van der Waals surface area contributed by atoms with Crippen LogP contribution in [0.5, 0.6) is 11.5 Å². The van der Waals surface area contributed by atoms with Crippen LogP contribution >= 0.6 is 0 Å². The number of rotatable bonds is 0. The van der Waals surface area contributed by atoms with Gasteiger partial charge < -0.3 is 9.47 Å². The van der Waals surface area contributed by atoms with Crippen molar-refractivity contribution in [2.45, 2.75) is 5.79 Å². The Kier molecular flexibility index (Phi) is 2.42. The molecule has 4 rings (SSSR count). The maximum Gasteiger partial charge on any atom is 0.291 e. The minimum atomic E-state index is -1.07. The van der Waals surface area contributed by atoms with Crippen molar-refractivity contribution in [2.24, 2.45) is 0 Å². The zero-order valence-electron chi connectivity index (χ0n) is 10.8. The van der Waals surface area contributed by atoms with E-state index in [2.05, 4.69) is 0 Å². The van der Waals surface area contributed by atoms with E-state index in [1.54, 1.807) is 36.4 Å². The summed E-state index contributed by atoms with van der Waals surface area (Å²) in [6.45, 7) is 0. The molecule has 2 heterocycles. The summed E-state index contributed by atoms with van der Waals surface area (Å²) in [5.74, 6) is -0.642. The second-order valence-electron chi connectivity index (χ2n) is 4.96. The van der Waals surface area contributed by atoms with Crippen LogP contribution < -0.4 is 9.47 Å². The van der Waals surface area contributed by atoms with Gasteiger partial charge in [-0.25, -0.2) is 8.78 Å². The average Bonchev–Trinajstić information content (AvgIpc) is 2.48. The molecule has 2 aromatic rings. The molecule has 0 aromatic heterocycles. The van der Waals surface area contributed by atoms with Crippen molar-refractivity contribution < 1.29 is 18.3 Å². The highest BCUT2D eigenvalue weighted by atomic mass is 19.1. The van der Waals surface area contributed by atoms with Gasteiger partial charge >= 0.3 is 0 Å². The van der Waals surface area contributed by atoms with Gasteiger partial charge in [0.1, 0.15) is 23.1 Å². The Bertz CT molecular complexity index is 726. The van der Waals surface area contributed by atoms with Crippen molar-refractivity contribution in [2.75, 3.05) is 0 Å². The molecule has 0 radical (unpaired) electrons. The molecule has 0 N–H and O–H groups in total. The third kappa shape index (κ3) is 2.00. The summed E-state index contributed by atoms with van der Waals surface area (Å²) in [5, 5.41) is 0. The molecule has 2 aromatic carbocycles. The van der Waals surface area contributed by atoms with E-state index >= 15 is 0 Å². The maximum atomic E-state index is 13.2. The van der Waals surface area contributed by atoms with Crippen molar-refractivity contribution in [3.8, 4) is 11.5 Å². The normalized spacial score (nSPS) is 16.9. The first kappa shape index (κ1) is 12.1. The zero-order valence-corrected chi connectivity index (χ0v) is 10.8. The summed E-state index contributed by atoms with van der Waals surface area (Å²) in [6, 6.07) is 8.59. The summed E-state index contributed by atoms with van der Waals surface area (Å²) >= 11 is 0. The van der Waals surface area contributed by atoms with Gasteiger partial charge in [0.05, 0.1) is 0 Å². The first-order chi connectivity index (χ1) is 10.1. The average molecular weight is 284 g/mol. The minimum Gasteiger partial charge on any atom is -0.445 e. The van der Waals surface area contributed by atoms with E-state index in [1.807, 2.05) is 0 Å². The van der Waals surface area contributed by atoms with Gasteiger partial charge in [0, 0.05) is 23.3 Å². The Balaban J connectivity index is 1.73. The topological polar surface area (TPSA) is 18.5 Å². The molecule has 0 unspecified atom stereocenters. The van der Waals surface area contributed by atoms with E-state index in [1.165, 1.54) is 24.3 Å². The molecule has 0 aliphatic carbocycles. The number of hydrogen-bond donors (Lipinski definition) is 0. The second kappa shape index (κ2) is 4.19. The number of halogens is 2. The fraction of sp³-hybridized carbons (Fsp3) is 0.0588. The maximum absolute atomic E-state index is 13.2. The third-order valence-electron chi connectivity index (χ3n) is 3.47. The van der Waals surface area contributed by atoms with Gasteiger partial charge in [-0.15, -0.1) is 0 Å². The predicted octanol–water partition coefficient (Wildman–Crippen LogP) is 4.17. The van der Waals surface area contributed by atoms with Gasteiger partial charge in [-0.1, -0.05) is 0 Å². The highest BCUT2D eigenvalue weighted by Gasteiger charge is 2.35. The van der Waals surface area contributed by atoms with Crippen LogP contribution in [-0.2, 0) is 0 Å². The van der Waals surface area contributed by atoms with Crippen molar-refractivity contribution in [3.05, 3.63) is 71.3 Å². The monoisotopic (exact) mass is 284 g/mol. The fourth-order valence-electron chi connectivity index (χ4n) is 2.45. The van der Waals surface area contributed by atoms with Gasteiger partial charge in [0.2, 0.25) is 0 Å². The Hall–Kier alpha value is -2.62. The molecule has 21 heavy (non-hydrogen) atoms. The lowest BCUT2D eigenvalue weighted by atomic mass is 10.0. The van der Waals surface area contributed by atoms with E-state index in [0.29, 0.717) is 22.6 Å².